The molecule has 0 radical (unpaired) electrons. The summed E-state index contributed by atoms with van der Waals surface area (Å²) in [7, 11) is 7.82. The molecule has 0 aromatic heterocycles. The number of benzene rings is 1. The lowest BCUT2D eigenvalue weighted by Crippen LogP contribution is -2.38. The van der Waals surface area contributed by atoms with Crippen LogP contribution in [-0.4, -0.2) is 58.7 Å². The average Bonchev–Trinajstić information content (AvgIpc) is 2.63. The molecule has 0 aliphatic rings. The third-order valence-electron chi connectivity index (χ3n) is 4.48. The van der Waals surface area contributed by atoms with E-state index in [1.165, 1.54) is 49.8 Å². The van der Waals surface area contributed by atoms with Crippen molar-refractivity contribution in [3.63, 3.8) is 0 Å². The number of aryl methyl sites for hydroxylation is 1. The molecule has 0 heterocycles. The molecule has 26 heavy (non-hydrogen) atoms. The maximum absolute atomic E-state index is 5.39. The van der Waals surface area contributed by atoms with E-state index in [2.05, 4.69) is 59.7 Å². The van der Waals surface area contributed by atoms with Crippen LogP contribution in [0.1, 0.15) is 43.2 Å². The standard InChI is InChI=1S/C21H38N4O/c1-18-11-12-19(17-20(18)26-5)13-15-24-21(22-2)23-14-9-7-6-8-10-16-25(3)4/h11-12,17H,6-10,13-16H2,1-5H3,(H2,22,23,24). The molecule has 2 N–H and O–H groups in total. The minimum absolute atomic E-state index is 0.858. The Morgan fingerprint density at radius 2 is 1.73 bits per heavy atom. The highest BCUT2D eigenvalue weighted by Gasteiger charge is 2.02. The van der Waals surface area contributed by atoms with Gasteiger partial charge >= 0.3 is 0 Å². The fraction of sp³-hybridized carbons (Fsp3) is 0.667. The summed E-state index contributed by atoms with van der Waals surface area (Å²) in [6.07, 6.45) is 7.36. The largest absolute Gasteiger partial charge is 0.496 e. The monoisotopic (exact) mass is 362 g/mol. The first-order chi connectivity index (χ1) is 12.6. The summed E-state index contributed by atoms with van der Waals surface area (Å²) < 4.78 is 5.39. The molecule has 1 aromatic rings. The number of nitrogens with zero attached hydrogens (tertiary/aromatic N) is 2. The van der Waals surface area contributed by atoms with E-state index in [4.69, 9.17) is 4.74 Å². The van der Waals surface area contributed by atoms with Gasteiger partial charge in [-0.1, -0.05) is 31.4 Å². The highest BCUT2D eigenvalue weighted by molar-refractivity contribution is 5.79. The Bertz CT molecular complexity index is 529. The van der Waals surface area contributed by atoms with Crippen LogP contribution in [-0.2, 0) is 6.42 Å². The van der Waals surface area contributed by atoms with Crippen molar-refractivity contribution in [1.82, 2.24) is 15.5 Å². The van der Waals surface area contributed by atoms with Gasteiger partial charge in [-0.2, -0.15) is 0 Å². The summed E-state index contributed by atoms with van der Waals surface area (Å²) in [4.78, 5) is 6.55. The van der Waals surface area contributed by atoms with E-state index in [9.17, 15) is 0 Å². The van der Waals surface area contributed by atoms with Crippen molar-refractivity contribution in [2.75, 3.05) is 47.9 Å². The molecular weight excluding hydrogens is 324 g/mol. The first kappa shape index (κ1) is 22.3. The van der Waals surface area contributed by atoms with Gasteiger partial charge in [0.2, 0.25) is 0 Å². The second-order valence-electron chi connectivity index (χ2n) is 7.05. The molecule has 0 saturated carbocycles. The van der Waals surface area contributed by atoms with Crippen LogP contribution in [0.3, 0.4) is 0 Å². The summed E-state index contributed by atoms with van der Waals surface area (Å²) in [5.74, 6) is 1.84. The zero-order chi connectivity index (χ0) is 19.2. The van der Waals surface area contributed by atoms with Crippen LogP contribution in [0.2, 0.25) is 0 Å². The molecule has 0 saturated heterocycles. The summed E-state index contributed by atoms with van der Waals surface area (Å²) in [5.41, 5.74) is 2.44. The molecule has 5 heteroatoms. The molecule has 0 aliphatic carbocycles. The number of methoxy groups -OCH3 is 1. The zero-order valence-electron chi connectivity index (χ0n) is 17.4. The van der Waals surface area contributed by atoms with Crippen molar-refractivity contribution in [2.45, 2.75) is 45.4 Å². The predicted molar refractivity (Wildman–Crippen MR) is 112 cm³/mol. The molecule has 0 aliphatic heterocycles. The van der Waals surface area contributed by atoms with E-state index in [1.54, 1.807) is 7.11 Å². The lowest BCUT2D eigenvalue weighted by molar-refractivity contribution is 0.389. The minimum Gasteiger partial charge on any atom is -0.496 e. The quantitative estimate of drug-likeness (QED) is 0.340. The second kappa shape index (κ2) is 13.5. The SMILES string of the molecule is CN=C(NCCCCCCCN(C)C)NCCc1ccc(C)c(OC)c1. The fourth-order valence-electron chi connectivity index (χ4n) is 2.86. The molecule has 0 spiro atoms. The van der Waals surface area contributed by atoms with Crippen LogP contribution in [0.15, 0.2) is 23.2 Å². The summed E-state index contributed by atoms with van der Waals surface area (Å²) in [5, 5.41) is 6.79. The molecule has 5 nitrogen and oxygen atoms in total. The molecule has 0 bridgehead atoms. The molecule has 0 atom stereocenters. The van der Waals surface area contributed by atoms with E-state index < -0.39 is 0 Å². The van der Waals surface area contributed by atoms with Crippen LogP contribution in [0, 0.1) is 6.92 Å². The number of unbranched alkanes of at least 4 members (excludes halogenated alkanes) is 4. The van der Waals surface area contributed by atoms with Gasteiger partial charge in [-0.15, -0.1) is 0 Å². The van der Waals surface area contributed by atoms with E-state index >= 15 is 0 Å². The zero-order valence-corrected chi connectivity index (χ0v) is 17.4. The molecule has 0 fully saturated rings. The third-order valence-corrected chi connectivity index (χ3v) is 4.48. The highest BCUT2D eigenvalue weighted by Crippen LogP contribution is 2.18. The topological polar surface area (TPSA) is 48.9 Å². The predicted octanol–water partition coefficient (Wildman–Crippen LogP) is 3.22. The van der Waals surface area contributed by atoms with Crippen molar-refractivity contribution >= 4 is 5.96 Å². The van der Waals surface area contributed by atoms with Crippen LogP contribution < -0.4 is 15.4 Å². The van der Waals surface area contributed by atoms with Gasteiger partial charge in [0.05, 0.1) is 7.11 Å². The second-order valence-corrected chi connectivity index (χ2v) is 7.05. The Morgan fingerprint density at radius 3 is 2.42 bits per heavy atom. The first-order valence-corrected chi connectivity index (χ1v) is 9.79. The van der Waals surface area contributed by atoms with E-state index in [-0.39, 0.29) is 0 Å². The Kier molecular flexibility index (Phi) is 11.5. The van der Waals surface area contributed by atoms with Gasteiger partial charge in [0, 0.05) is 20.1 Å². The summed E-state index contributed by atoms with van der Waals surface area (Å²) in [6.45, 7) is 5.10. The van der Waals surface area contributed by atoms with E-state index in [1.807, 2.05) is 7.05 Å². The van der Waals surface area contributed by atoms with Crippen molar-refractivity contribution in [1.29, 1.82) is 0 Å². The molecular formula is C21H38N4O. The lowest BCUT2D eigenvalue weighted by atomic mass is 10.1. The Hall–Kier alpha value is -1.75. The first-order valence-electron chi connectivity index (χ1n) is 9.79. The average molecular weight is 363 g/mol. The smallest absolute Gasteiger partial charge is 0.190 e. The molecule has 148 valence electrons. The Morgan fingerprint density at radius 1 is 1.04 bits per heavy atom. The van der Waals surface area contributed by atoms with Gasteiger partial charge in [-0.25, -0.2) is 0 Å². The van der Waals surface area contributed by atoms with Crippen molar-refractivity contribution in [3.8, 4) is 5.75 Å². The number of nitrogens with one attached hydrogen (secondary N) is 2. The molecule has 1 aromatic carbocycles. The van der Waals surface area contributed by atoms with Gasteiger partial charge in [0.1, 0.15) is 5.75 Å². The normalized spacial score (nSPS) is 11.7. The van der Waals surface area contributed by atoms with E-state index in [0.717, 1.165) is 31.2 Å². The maximum atomic E-state index is 5.39. The summed E-state index contributed by atoms with van der Waals surface area (Å²) >= 11 is 0. The van der Waals surface area contributed by atoms with Crippen LogP contribution in [0.4, 0.5) is 0 Å². The van der Waals surface area contributed by atoms with Crippen molar-refractivity contribution < 1.29 is 4.74 Å². The number of guanidine groups is 1. The number of rotatable bonds is 12. The number of ether oxygens (including phenoxy) is 1. The van der Waals surface area contributed by atoms with Gasteiger partial charge in [-0.05, 0) is 64.0 Å². The maximum Gasteiger partial charge on any atom is 0.190 e. The third kappa shape index (κ3) is 9.66. The number of hydrogen-bond donors (Lipinski definition) is 2. The van der Waals surface area contributed by atoms with Gasteiger partial charge < -0.3 is 20.3 Å². The molecule has 0 amide bonds. The Balaban J connectivity index is 2.14. The molecule has 1 rings (SSSR count). The van der Waals surface area contributed by atoms with Crippen molar-refractivity contribution in [3.05, 3.63) is 29.3 Å². The van der Waals surface area contributed by atoms with Crippen LogP contribution in [0.5, 0.6) is 5.75 Å². The Labute approximate surface area is 160 Å². The van der Waals surface area contributed by atoms with Crippen LogP contribution >= 0.6 is 0 Å². The minimum atomic E-state index is 0.858. The van der Waals surface area contributed by atoms with E-state index in [0.29, 0.717) is 0 Å². The number of hydrogen-bond acceptors (Lipinski definition) is 3. The van der Waals surface area contributed by atoms with Gasteiger partial charge in [0.15, 0.2) is 5.96 Å². The van der Waals surface area contributed by atoms with Gasteiger partial charge in [-0.3, -0.25) is 4.99 Å². The van der Waals surface area contributed by atoms with Gasteiger partial charge in [0.25, 0.3) is 0 Å². The lowest BCUT2D eigenvalue weighted by Gasteiger charge is -2.13. The number of aliphatic imine (C=N–C) groups is 1. The van der Waals surface area contributed by atoms with Crippen molar-refractivity contribution in [2.24, 2.45) is 4.99 Å². The molecule has 0 unspecified atom stereocenters. The summed E-state index contributed by atoms with van der Waals surface area (Å²) in [6, 6.07) is 6.38. The highest BCUT2D eigenvalue weighted by atomic mass is 16.5. The van der Waals surface area contributed by atoms with Crippen LogP contribution in [0.25, 0.3) is 0 Å². The fourth-order valence-corrected chi connectivity index (χ4v) is 2.86.